The van der Waals surface area contributed by atoms with Crippen molar-refractivity contribution < 1.29 is 4.74 Å². The zero-order valence-electron chi connectivity index (χ0n) is 13.2. The second-order valence-electron chi connectivity index (χ2n) is 6.54. The highest BCUT2D eigenvalue weighted by Gasteiger charge is 2.16. The number of unbranched alkanes of at least 4 members (excludes halogenated alkanes) is 3. The Balaban J connectivity index is 2.42. The second kappa shape index (κ2) is 8.61. The summed E-state index contributed by atoms with van der Waals surface area (Å²) in [7, 11) is -1.28. The van der Waals surface area contributed by atoms with Crippen LogP contribution in [0.5, 0.6) is 0 Å². The van der Waals surface area contributed by atoms with Gasteiger partial charge in [-0.3, -0.25) is 0 Å². The Kier molecular flexibility index (Phi) is 7.49. The summed E-state index contributed by atoms with van der Waals surface area (Å²) in [5.41, 5.74) is 3.45. The highest BCUT2D eigenvalue weighted by atomic mass is 28.3. The Hall–Kier alpha value is -0.523. The van der Waals surface area contributed by atoms with Crippen LogP contribution in [0.4, 0.5) is 0 Å². The lowest BCUT2D eigenvalue weighted by Crippen LogP contribution is -2.21. The average molecular weight is 279 g/mol. The predicted molar refractivity (Wildman–Crippen MR) is 86.9 cm³/mol. The van der Waals surface area contributed by atoms with Gasteiger partial charge in [-0.2, -0.15) is 0 Å². The summed E-state index contributed by atoms with van der Waals surface area (Å²) < 4.78 is 6.15. The van der Waals surface area contributed by atoms with E-state index in [2.05, 4.69) is 50.2 Å². The summed E-state index contributed by atoms with van der Waals surface area (Å²) in [5.74, 6) is 3.38. The summed E-state index contributed by atoms with van der Waals surface area (Å²) in [6.45, 7) is 9.12. The van der Waals surface area contributed by atoms with Crippen molar-refractivity contribution in [2.45, 2.75) is 83.7 Å². The van der Waals surface area contributed by atoms with E-state index in [0.29, 0.717) is 6.10 Å². The monoisotopic (exact) mass is 278 g/mol. The van der Waals surface area contributed by atoms with Crippen molar-refractivity contribution in [3.63, 3.8) is 0 Å². The molecule has 2 atom stereocenters. The van der Waals surface area contributed by atoms with E-state index in [1.807, 2.05) is 0 Å². The number of hydrogen-bond donors (Lipinski definition) is 0. The van der Waals surface area contributed by atoms with E-state index in [9.17, 15) is 0 Å². The lowest BCUT2D eigenvalue weighted by molar-refractivity contribution is 0.0410. The minimum absolute atomic E-state index is 0.151. The predicted octanol–water partition coefficient (Wildman–Crippen LogP) is 4.94. The first-order valence-electron chi connectivity index (χ1n) is 7.86. The van der Waals surface area contributed by atoms with Crippen molar-refractivity contribution in [3.05, 3.63) is 12.2 Å². The fourth-order valence-corrected chi connectivity index (χ4v) is 2.75. The van der Waals surface area contributed by atoms with Crippen LogP contribution in [-0.2, 0) is 4.74 Å². The van der Waals surface area contributed by atoms with Crippen LogP contribution in [0, 0.1) is 11.5 Å². The van der Waals surface area contributed by atoms with Crippen molar-refractivity contribution >= 4 is 8.07 Å². The third kappa shape index (κ3) is 8.29. The van der Waals surface area contributed by atoms with E-state index in [1.165, 1.54) is 25.7 Å². The molecular weight excluding hydrogens is 248 g/mol. The molecule has 0 saturated heterocycles. The van der Waals surface area contributed by atoms with Crippen molar-refractivity contribution in [1.29, 1.82) is 0 Å². The van der Waals surface area contributed by atoms with E-state index < -0.39 is 8.07 Å². The molecule has 0 aromatic carbocycles. The van der Waals surface area contributed by atoms with Gasteiger partial charge in [0.1, 0.15) is 14.2 Å². The average Bonchev–Trinajstić information content (AvgIpc) is 2.57. The van der Waals surface area contributed by atoms with E-state index in [0.717, 1.165) is 19.3 Å². The van der Waals surface area contributed by atoms with E-state index >= 15 is 0 Å². The SMILES string of the molecule is CCCCCC[C@H]1C=CCCC(C#C[Si](C)(C)C)O1. The van der Waals surface area contributed by atoms with Gasteiger partial charge in [-0.25, -0.2) is 0 Å². The molecule has 1 unspecified atom stereocenters. The van der Waals surface area contributed by atoms with Crippen LogP contribution in [0.25, 0.3) is 0 Å². The first-order chi connectivity index (χ1) is 9.01. The first kappa shape index (κ1) is 16.5. The van der Waals surface area contributed by atoms with Crippen molar-refractivity contribution in [2.24, 2.45) is 0 Å². The van der Waals surface area contributed by atoms with Gasteiger partial charge in [0, 0.05) is 0 Å². The maximum absolute atomic E-state index is 6.15. The quantitative estimate of drug-likeness (QED) is 0.299. The maximum atomic E-state index is 6.15. The Labute approximate surface area is 120 Å². The molecule has 0 amide bonds. The number of ether oxygens (including phenoxy) is 1. The molecule has 2 heteroatoms. The molecule has 0 spiro atoms. The highest BCUT2D eigenvalue weighted by Crippen LogP contribution is 2.17. The summed E-state index contributed by atoms with van der Waals surface area (Å²) in [6, 6.07) is 0. The normalized spacial score (nSPS) is 23.6. The molecule has 0 N–H and O–H groups in total. The Bertz CT molecular complexity index is 329. The molecule has 1 heterocycles. The lowest BCUT2D eigenvalue weighted by atomic mass is 10.1. The van der Waals surface area contributed by atoms with Crippen molar-refractivity contribution in [2.75, 3.05) is 0 Å². The summed E-state index contributed by atoms with van der Waals surface area (Å²) in [6.07, 6.45) is 13.5. The number of rotatable bonds is 5. The van der Waals surface area contributed by atoms with E-state index in [4.69, 9.17) is 4.74 Å². The minimum Gasteiger partial charge on any atom is -0.358 e. The first-order valence-corrected chi connectivity index (χ1v) is 11.4. The smallest absolute Gasteiger partial charge is 0.129 e. The molecular formula is C17H30OSi. The van der Waals surface area contributed by atoms with Gasteiger partial charge in [0.05, 0.1) is 6.10 Å². The van der Waals surface area contributed by atoms with Gasteiger partial charge >= 0.3 is 0 Å². The third-order valence-electron chi connectivity index (χ3n) is 3.24. The Morgan fingerprint density at radius 1 is 1.21 bits per heavy atom. The topological polar surface area (TPSA) is 9.23 Å². The van der Waals surface area contributed by atoms with Crippen LogP contribution in [0.15, 0.2) is 12.2 Å². The Morgan fingerprint density at radius 2 is 2.00 bits per heavy atom. The number of hydrogen-bond acceptors (Lipinski definition) is 1. The molecule has 0 bridgehead atoms. The van der Waals surface area contributed by atoms with Crippen LogP contribution in [0.3, 0.4) is 0 Å². The van der Waals surface area contributed by atoms with Crippen LogP contribution in [0.2, 0.25) is 19.6 Å². The van der Waals surface area contributed by atoms with Crippen LogP contribution >= 0.6 is 0 Å². The molecule has 1 rings (SSSR count). The van der Waals surface area contributed by atoms with E-state index in [-0.39, 0.29) is 6.10 Å². The summed E-state index contributed by atoms with van der Waals surface area (Å²) in [5, 5.41) is 0. The molecule has 19 heavy (non-hydrogen) atoms. The summed E-state index contributed by atoms with van der Waals surface area (Å²) >= 11 is 0. The van der Waals surface area contributed by atoms with E-state index in [1.54, 1.807) is 0 Å². The molecule has 1 nitrogen and oxygen atoms in total. The molecule has 0 fully saturated rings. The van der Waals surface area contributed by atoms with Gasteiger partial charge < -0.3 is 4.74 Å². The zero-order valence-corrected chi connectivity index (χ0v) is 14.2. The lowest BCUT2D eigenvalue weighted by Gasteiger charge is -2.17. The molecule has 1 aliphatic rings. The Morgan fingerprint density at radius 3 is 2.68 bits per heavy atom. The van der Waals surface area contributed by atoms with Crippen LogP contribution in [0.1, 0.15) is 51.9 Å². The fraction of sp³-hybridized carbons (Fsp3) is 0.765. The summed E-state index contributed by atoms with van der Waals surface area (Å²) in [4.78, 5) is 0. The third-order valence-corrected chi connectivity index (χ3v) is 4.13. The zero-order chi connectivity index (χ0) is 14.1. The molecule has 0 saturated carbocycles. The van der Waals surface area contributed by atoms with Crippen molar-refractivity contribution in [3.8, 4) is 11.5 Å². The molecule has 0 aromatic heterocycles. The van der Waals surface area contributed by atoms with Gasteiger partial charge in [-0.05, 0) is 19.3 Å². The fourth-order valence-electron chi connectivity index (χ4n) is 2.16. The standard InChI is InChI=1S/C17H30OSi/c1-5-6-7-8-11-16-12-9-10-13-17(18-16)14-15-19(2,3)4/h9,12,16-17H,5-8,10-11,13H2,1-4H3/t16-,17?/m0/s1. The molecule has 0 aliphatic carbocycles. The van der Waals surface area contributed by atoms with Crippen molar-refractivity contribution in [1.82, 2.24) is 0 Å². The highest BCUT2D eigenvalue weighted by molar-refractivity contribution is 6.83. The number of allylic oxidation sites excluding steroid dienone is 1. The molecule has 108 valence electrons. The van der Waals surface area contributed by atoms with Gasteiger partial charge in [-0.15, -0.1) is 5.54 Å². The van der Waals surface area contributed by atoms with Gasteiger partial charge in [0.2, 0.25) is 0 Å². The van der Waals surface area contributed by atoms with Gasteiger partial charge in [-0.1, -0.05) is 70.3 Å². The van der Waals surface area contributed by atoms with Crippen LogP contribution in [-0.4, -0.2) is 20.3 Å². The second-order valence-corrected chi connectivity index (χ2v) is 11.3. The maximum Gasteiger partial charge on any atom is 0.129 e. The molecule has 0 radical (unpaired) electrons. The van der Waals surface area contributed by atoms with Crippen LogP contribution < -0.4 is 0 Å². The molecule has 0 aromatic rings. The van der Waals surface area contributed by atoms with Gasteiger partial charge in [0.25, 0.3) is 0 Å². The largest absolute Gasteiger partial charge is 0.358 e. The molecule has 1 aliphatic heterocycles. The minimum atomic E-state index is -1.28. The van der Waals surface area contributed by atoms with Gasteiger partial charge in [0.15, 0.2) is 0 Å².